The SMILES string of the molecule is CC(C)(C)N/C(=N\C1CC(C2CCC(F)CC2)NN1)NC(=O)C1CCCC(O)C1. The Hall–Kier alpha value is -1.25. The molecule has 0 bridgehead atoms. The van der Waals surface area contributed by atoms with Crippen molar-refractivity contribution in [1.82, 2.24) is 21.5 Å². The highest BCUT2D eigenvalue weighted by atomic mass is 19.1. The Morgan fingerprint density at radius 3 is 2.45 bits per heavy atom. The van der Waals surface area contributed by atoms with Crippen LogP contribution in [0.5, 0.6) is 0 Å². The van der Waals surface area contributed by atoms with Gasteiger partial charge in [-0.25, -0.2) is 14.8 Å². The number of rotatable bonds is 3. The summed E-state index contributed by atoms with van der Waals surface area (Å²) in [6.45, 7) is 6.08. The molecular formula is C21H38FN5O2. The maximum absolute atomic E-state index is 13.4. The molecule has 3 aliphatic rings. The molecule has 3 rings (SSSR count). The van der Waals surface area contributed by atoms with Crippen molar-refractivity contribution in [2.45, 2.75) is 109 Å². The third kappa shape index (κ3) is 6.89. The van der Waals surface area contributed by atoms with Gasteiger partial charge in [0.15, 0.2) is 5.96 Å². The Bertz CT molecular complexity index is 586. The first-order valence-corrected chi connectivity index (χ1v) is 11.2. The van der Waals surface area contributed by atoms with Crippen molar-refractivity contribution in [2.24, 2.45) is 16.8 Å². The van der Waals surface area contributed by atoms with Crippen molar-refractivity contribution in [2.75, 3.05) is 0 Å². The normalized spacial score (nSPS) is 36.7. The zero-order chi connectivity index (χ0) is 21.0. The lowest BCUT2D eigenvalue weighted by Gasteiger charge is -2.28. The summed E-state index contributed by atoms with van der Waals surface area (Å²) in [6, 6.07) is 0.274. The van der Waals surface area contributed by atoms with E-state index < -0.39 is 12.3 Å². The van der Waals surface area contributed by atoms with Crippen LogP contribution in [0.4, 0.5) is 4.39 Å². The van der Waals surface area contributed by atoms with Crippen LogP contribution in [0.2, 0.25) is 0 Å². The lowest BCUT2D eigenvalue weighted by Crippen LogP contribution is -2.52. The van der Waals surface area contributed by atoms with E-state index in [1.807, 2.05) is 20.8 Å². The number of aliphatic hydroxyl groups excluding tert-OH is 1. The van der Waals surface area contributed by atoms with Crippen LogP contribution in [0.25, 0.3) is 0 Å². The first-order valence-electron chi connectivity index (χ1n) is 11.2. The summed E-state index contributed by atoms with van der Waals surface area (Å²) in [5.74, 6) is 0.675. The quantitative estimate of drug-likeness (QED) is 0.362. The molecule has 1 heterocycles. The lowest BCUT2D eigenvalue weighted by molar-refractivity contribution is -0.125. The van der Waals surface area contributed by atoms with Gasteiger partial charge in [-0.15, -0.1) is 0 Å². The van der Waals surface area contributed by atoms with Crippen molar-refractivity contribution >= 4 is 11.9 Å². The van der Waals surface area contributed by atoms with E-state index >= 15 is 0 Å². The van der Waals surface area contributed by atoms with Crippen molar-refractivity contribution in [3.8, 4) is 0 Å². The summed E-state index contributed by atoms with van der Waals surface area (Å²) in [7, 11) is 0. The van der Waals surface area contributed by atoms with Crippen LogP contribution in [0.1, 0.15) is 78.6 Å². The first-order chi connectivity index (χ1) is 13.7. The lowest BCUT2D eigenvalue weighted by atomic mass is 9.82. The molecule has 2 aliphatic carbocycles. The maximum atomic E-state index is 13.4. The number of aliphatic hydroxyl groups is 1. The second-order valence-electron chi connectivity index (χ2n) is 10.0. The fourth-order valence-corrected chi connectivity index (χ4v) is 4.67. The second kappa shape index (κ2) is 9.71. The van der Waals surface area contributed by atoms with E-state index in [2.05, 4.69) is 21.5 Å². The number of halogens is 1. The first kappa shape index (κ1) is 22.4. The molecule has 0 radical (unpaired) electrons. The average molecular weight is 412 g/mol. The van der Waals surface area contributed by atoms with Gasteiger partial charge in [-0.05, 0) is 71.6 Å². The highest BCUT2D eigenvalue weighted by Crippen LogP contribution is 2.31. The van der Waals surface area contributed by atoms with E-state index in [1.54, 1.807) is 0 Å². The minimum atomic E-state index is -0.648. The third-order valence-corrected chi connectivity index (χ3v) is 6.22. The molecule has 4 atom stereocenters. The molecule has 2 saturated carbocycles. The minimum absolute atomic E-state index is 0.0805. The number of carbonyl (C=O) groups excluding carboxylic acids is 1. The monoisotopic (exact) mass is 411 g/mol. The van der Waals surface area contributed by atoms with Gasteiger partial charge < -0.3 is 10.4 Å². The van der Waals surface area contributed by atoms with Crippen molar-refractivity contribution in [1.29, 1.82) is 0 Å². The molecule has 7 nitrogen and oxygen atoms in total. The Kier molecular flexibility index (Phi) is 7.51. The number of alkyl halides is 1. The average Bonchev–Trinajstić information content (AvgIpc) is 3.09. The van der Waals surface area contributed by atoms with Crippen LogP contribution >= 0.6 is 0 Å². The molecule has 1 aliphatic heterocycles. The number of hydrogen-bond acceptors (Lipinski definition) is 5. The fourth-order valence-electron chi connectivity index (χ4n) is 4.67. The van der Waals surface area contributed by atoms with Gasteiger partial charge in [-0.1, -0.05) is 6.42 Å². The summed E-state index contributed by atoms with van der Waals surface area (Å²) in [5.41, 5.74) is 6.31. The van der Waals surface area contributed by atoms with E-state index in [4.69, 9.17) is 4.99 Å². The van der Waals surface area contributed by atoms with Gasteiger partial charge in [0.2, 0.25) is 5.91 Å². The molecule has 0 spiro atoms. The molecule has 0 aromatic carbocycles. The summed E-state index contributed by atoms with van der Waals surface area (Å²) in [4.78, 5) is 17.5. The predicted octanol–water partition coefficient (Wildman–Crippen LogP) is 2.12. The highest BCUT2D eigenvalue weighted by Gasteiger charge is 2.34. The summed E-state index contributed by atoms with van der Waals surface area (Å²) < 4.78 is 13.4. The molecule has 3 fully saturated rings. The molecule has 1 saturated heterocycles. The van der Waals surface area contributed by atoms with Gasteiger partial charge >= 0.3 is 0 Å². The number of hydrogen-bond donors (Lipinski definition) is 5. The number of nitrogens with one attached hydrogen (secondary N) is 4. The van der Waals surface area contributed by atoms with Gasteiger partial charge in [0.25, 0.3) is 0 Å². The molecule has 8 heteroatoms. The Labute approximate surface area is 173 Å². The fraction of sp³-hybridized carbons (Fsp3) is 0.905. The molecular weight excluding hydrogens is 373 g/mol. The van der Waals surface area contributed by atoms with Crippen LogP contribution in [-0.2, 0) is 4.79 Å². The molecule has 4 unspecified atom stereocenters. The number of aliphatic imine (C=N–C) groups is 1. The van der Waals surface area contributed by atoms with Gasteiger partial charge in [-0.2, -0.15) is 0 Å². The van der Waals surface area contributed by atoms with E-state index in [1.165, 1.54) is 0 Å². The van der Waals surface area contributed by atoms with Gasteiger partial charge in [0, 0.05) is 23.9 Å². The van der Waals surface area contributed by atoms with Gasteiger partial charge in [0.05, 0.1) is 6.10 Å². The smallest absolute Gasteiger partial charge is 0.229 e. The zero-order valence-corrected chi connectivity index (χ0v) is 18.0. The Morgan fingerprint density at radius 2 is 1.79 bits per heavy atom. The van der Waals surface area contributed by atoms with Crippen LogP contribution in [0.3, 0.4) is 0 Å². The van der Waals surface area contributed by atoms with Crippen molar-refractivity contribution in [3.05, 3.63) is 0 Å². The molecule has 166 valence electrons. The molecule has 5 N–H and O–H groups in total. The van der Waals surface area contributed by atoms with Gasteiger partial charge in [0.1, 0.15) is 12.3 Å². The largest absolute Gasteiger partial charge is 0.393 e. The minimum Gasteiger partial charge on any atom is -0.393 e. The number of hydrazine groups is 1. The third-order valence-electron chi connectivity index (χ3n) is 6.22. The van der Waals surface area contributed by atoms with Crippen molar-refractivity contribution < 1.29 is 14.3 Å². The van der Waals surface area contributed by atoms with Crippen LogP contribution in [0.15, 0.2) is 4.99 Å². The number of guanidine groups is 1. The summed E-state index contributed by atoms with van der Waals surface area (Å²) >= 11 is 0. The van der Waals surface area contributed by atoms with E-state index in [0.717, 1.165) is 38.5 Å². The van der Waals surface area contributed by atoms with Gasteiger partial charge in [-0.3, -0.25) is 15.5 Å². The molecule has 29 heavy (non-hydrogen) atoms. The van der Waals surface area contributed by atoms with E-state index in [0.29, 0.717) is 31.1 Å². The Balaban J connectivity index is 1.60. The molecule has 0 aromatic rings. The van der Waals surface area contributed by atoms with Crippen LogP contribution < -0.4 is 21.5 Å². The van der Waals surface area contributed by atoms with E-state index in [-0.39, 0.29) is 29.6 Å². The summed E-state index contributed by atoms with van der Waals surface area (Å²) in [6.07, 6.45) is 5.69. The standard InChI is InChI=1S/C21H38FN5O2/c1-21(2,3)25-20(24-19(29)14-5-4-6-16(28)11-14)23-18-12-17(26-27-18)13-7-9-15(22)10-8-13/h13-18,26-28H,4-12H2,1-3H3,(H2,23,24,25,29). The Morgan fingerprint density at radius 1 is 1.07 bits per heavy atom. The number of carbonyl (C=O) groups is 1. The number of nitrogens with zero attached hydrogens (tertiary/aromatic N) is 1. The van der Waals surface area contributed by atoms with Crippen LogP contribution in [0, 0.1) is 11.8 Å². The second-order valence-corrected chi connectivity index (χ2v) is 10.0. The highest BCUT2D eigenvalue weighted by molar-refractivity contribution is 5.98. The zero-order valence-electron chi connectivity index (χ0n) is 18.0. The summed E-state index contributed by atoms with van der Waals surface area (Å²) in [5, 5.41) is 16.1. The van der Waals surface area contributed by atoms with Crippen molar-refractivity contribution in [3.63, 3.8) is 0 Å². The van der Waals surface area contributed by atoms with E-state index in [9.17, 15) is 14.3 Å². The molecule has 1 amide bonds. The topological polar surface area (TPSA) is 97.8 Å². The maximum Gasteiger partial charge on any atom is 0.229 e. The van der Waals surface area contributed by atoms with Crippen LogP contribution in [-0.4, -0.2) is 47.0 Å². The predicted molar refractivity (Wildman–Crippen MR) is 112 cm³/mol. The number of amides is 1. The molecule has 0 aromatic heterocycles.